The lowest BCUT2D eigenvalue weighted by atomic mass is 10.2. The lowest BCUT2D eigenvalue weighted by Crippen LogP contribution is -2.06. The standard InChI is InChI=1S/C11H19BrN4O/c1-13-10-9(12)11(16-8-15-10)14-6-4-3-5-7-17-2/h8H,3-7H2,1-2H3,(H2,13,14,15,16). The van der Waals surface area contributed by atoms with Gasteiger partial charge in [0.25, 0.3) is 0 Å². The average Bonchev–Trinajstić information content (AvgIpc) is 2.35. The second kappa shape index (κ2) is 8.25. The van der Waals surface area contributed by atoms with E-state index in [1.165, 1.54) is 0 Å². The van der Waals surface area contributed by atoms with E-state index in [1.54, 1.807) is 13.4 Å². The van der Waals surface area contributed by atoms with Crippen LogP contribution < -0.4 is 10.6 Å². The second-order valence-corrected chi connectivity index (χ2v) is 4.41. The van der Waals surface area contributed by atoms with E-state index in [1.807, 2.05) is 7.05 Å². The minimum Gasteiger partial charge on any atom is -0.385 e. The summed E-state index contributed by atoms with van der Waals surface area (Å²) in [4.78, 5) is 8.29. The molecule has 5 nitrogen and oxygen atoms in total. The summed E-state index contributed by atoms with van der Waals surface area (Å²) in [5.41, 5.74) is 0. The number of unbranched alkanes of at least 4 members (excludes halogenated alkanes) is 2. The van der Waals surface area contributed by atoms with Gasteiger partial charge in [-0.3, -0.25) is 0 Å². The Morgan fingerprint density at radius 3 is 2.71 bits per heavy atom. The van der Waals surface area contributed by atoms with E-state index < -0.39 is 0 Å². The molecular weight excluding hydrogens is 284 g/mol. The lowest BCUT2D eigenvalue weighted by Gasteiger charge is -2.09. The maximum Gasteiger partial charge on any atom is 0.145 e. The van der Waals surface area contributed by atoms with Crippen LogP contribution in [0, 0.1) is 0 Å². The minimum atomic E-state index is 0.793. The second-order valence-electron chi connectivity index (χ2n) is 3.62. The molecule has 0 saturated heterocycles. The largest absolute Gasteiger partial charge is 0.385 e. The van der Waals surface area contributed by atoms with Crippen LogP contribution in [0.2, 0.25) is 0 Å². The fourth-order valence-corrected chi connectivity index (χ4v) is 1.97. The van der Waals surface area contributed by atoms with Crippen molar-refractivity contribution in [2.75, 3.05) is 37.9 Å². The molecule has 0 aliphatic heterocycles. The Kier molecular flexibility index (Phi) is 6.88. The third-order valence-corrected chi connectivity index (χ3v) is 3.10. The van der Waals surface area contributed by atoms with Crippen LogP contribution in [0.4, 0.5) is 11.6 Å². The number of nitrogens with one attached hydrogen (secondary N) is 2. The van der Waals surface area contributed by atoms with E-state index in [9.17, 15) is 0 Å². The number of aromatic nitrogens is 2. The van der Waals surface area contributed by atoms with E-state index in [4.69, 9.17) is 4.74 Å². The van der Waals surface area contributed by atoms with Crippen molar-refractivity contribution in [2.45, 2.75) is 19.3 Å². The van der Waals surface area contributed by atoms with Crippen molar-refractivity contribution >= 4 is 27.6 Å². The Hall–Kier alpha value is -0.880. The summed E-state index contributed by atoms with van der Waals surface area (Å²) >= 11 is 3.47. The lowest BCUT2D eigenvalue weighted by molar-refractivity contribution is 0.192. The Balaban J connectivity index is 2.31. The molecule has 0 amide bonds. The van der Waals surface area contributed by atoms with E-state index in [-0.39, 0.29) is 0 Å². The topological polar surface area (TPSA) is 59.1 Å². The number of nitrogens with zero attached hydrogens (tertiary/aromatic N) is 2. The first kappa shape index (κ1) is 14.2. The number of hydrogen-bond donors (Lipinski definition) is 2. The normalized spacial score (nSPS) is 10.3. The molecule has 2 N–H and O–H groups in total. The molecule has 1 heterocycles. The smallest absolute Gasteiger partial charge is 0.145 e. The molecule has 17 heavy (non-hydrogen) atoms. The van der Waals surface area contributed by atoms with Crippen molar-refractivity contribution in [2.24, 2.45) is 0 Å². The molecule has 0 aliphatic carbocycles. The molecule has 6 heteroatoms. The van der Waals surface area contributed by atoms with Crippen LogP contribution in [-0.2, 0) is 4.74 Å². The number of halogens is 1. The molecule has 0 fully saturated rings. The van der Waals surface area contributed by atoms with Crippen molar-refractivity contribution in [1.29, 1.82) is 0 Å². The Bertz CT molecular complexity index is 335. The van der Waals surface area contributed by atoms with Crippen LogP contribution in [-0.4, -0.2) is 37.3 Å². The summed E-state index contributed by atoms with van der Waals surface area (Å²) in [7, 11) is 3.57. The van der Waals surface area contributed by atoms with Gasteiger partial charge in [0.1, 0.15) is 22.4 Å². The maximum atomic E-state index is 5.00. The minimum absolute atomic E-state index is 0.793. The molecule has 0 aliphatic rings. The quantitative estimate of drug-likeness (QED) is 0.723. The van der Waals surface area contributed by atoms with Gasteiger partial charge in [-0.05, 0) is 35.2 Å². The van der Waals surface area contributed by atoms with Gasteiger partial charge >= 0.3 is 0 Å². The van der Waals surface area contributed by atoms with Crippen LogP contribution in [0.15, 0.2) is 10.8 Å². The third kappa shape index (κ3) is 4.87. The maximum absolute atomic E-state index is 5.00. The first-order valence-corrected chi connectivity index (χ1v) is 6.50. The van der Waals surface area contributed by atoms with Gasteiger partial charge in [-0.15, -0.1) is 0 Å². The van der Waals surface area contributed by atoms with Crippen LogP contribution in [0.25, 0.3) is 0 Å². The fraction of sp³-hybridized carbons (Fsp3) is 0.636. The van der Waals surface area contributed by atoms with Crippen LogP contribution >= 0.6 is 15.9 Å². The van der Waals surface area contributed by atoms with Crippen LogP contribution in [0.3, 0.4) is 0 Å². The van der Waals surface area contributed by atoms with Crippen molar-refractivity contribution in [3.05, 3.63) is 10.8 Å². The fourth-order valence-electron chi connectivity index (χ4n) is 1.42. The number of hydrogen-bond acceptors (Lipinski definition) is 5. The molecule has 0 aromatic carbocycles. The molecular formula is C11H19BrN4O. The van der Waals surface area contributed by atoms with Crippen molar-refractivity contribution in [1.82, 2.24) is 9.97 Å². The van der Waals surface area contributed by atoms with Gasteiger partial charge in [0, 0.05) is 27.3 Å². The molecule has 96 valence electrons. The van der Waals surface area contributed by atoms with E-state index >= 15 is 0 Å². The van der Waals surface area contributed by atoms with Crippen molar-refractivity contribution in [3.63, 3.8) is 0 Å². The van der Waals surface area contributed by atoms with Gasteiger partial charge < -0.3 is 15.4 Å². The molecule has 0 saturated carbocycles. The summed E-state index contributed by atoms with van der Waals surface area (Å²) in [6.07, 6.45) is 4.91. The molecule has 0 bridgehead atoms. The van der Waals surface area contributed by atoms with Gasteiger partial charge in [0.2, 0.25) is 0 Å². The van der Waals surface area contributed by atoms with Crippen LogP contribution in [0.5, 0.6) is 0 Å². The summed E-state index contributed by atoms with van der Waals surface area (Å²) in [5.74, 6) is 1.62. The first-order chi connectivity index (χ1) is 8.29. The molecule has 1 aromatic rings. The van der Waals surface area contributed by atoms with Gasteiger partial charge in [-0.1, -0.05) is 0 Å². The molecule has 0 radical (unpaired) electrons. The van der Waals surface area contributed by atoms with Gasteiger partial charge in [0.05, 0.1) is 0 Å². The zero-order valence-corrected chi connectivity index (χ0v) is 11.9. The van der Waals surface area contributed by atoms with Gasteiger partial charge in [0.15, 0.2) is 0 Å². The SMILES string of the molecule is CNc1ncnc(NCCCCCOC)c1Br. The van der Waals surface area contributed by atoms with E-state index in [2.05, 4.69) is 36.5 Å². The molecule has 0 atom stereocenters. The summed E-state index contributed by atoms with van der Waals surface area (Å²) < 4.78 is 5.87. The Morgan fingerprint density at radius 1 is 1.24 bits per heavy atom. The average molecular weight is 303 g/mol. The van der Waals surface area contributed by atoms with Crippen LogP contribution in [0.1, 0.15) is 19.3 Å². The van der Waals surface area contributed by atoms with E-state index in [0.29, 0.717) is 0 Å². The summed E-state index contributed by atoms with van der Waals surface area (Å²) in [5, 5.41) is 6.29. The number of methoxy groups -OCH3 is 1. The van der Waals surface area contributed by atoms with E-state index in [0.717, 1.165) is 48.5 Å². The predicted octanol–water partition coefficient (Wildman–Crippen LogP) is 2.51. The summed E-state index contributed by atoms with van der Waals surface area (Å²) in [6, 6.07) is 0. The first-order valence-electron chi connectivity index (χ1n) is 5.70. The zero-order chi connectivity index (χ0) is 12.5. The molecule has 1 rings (SSSR count). The molecule has 0 unspecified atom stereocenters. The Labute approximate surface area is 111 Å². The number of ether oxygens (including phenoxy) is 1. The molecule has 1 aromatic heterocycles. The Morgan fingerprint density at radius 2 is 2.00 bits per heavy atom. The number of rotatable bonds is 8. The highest BCUT2D eigenvalue weighted by Crippen LogP contribution is 2.25. The van der Waals surface area contributed by atoms with Gasteiger partial charge in [-0.25, -0.2) is 9.97 Å². The summed E-state index contributed by atoms with van der Waals surface area (Å²) in [6.45, 7) is 1.74. The predicted molar refractivity (Wildman–Crippen MR) is 73.5 cm³/mol. The highest BCUT2D eigenvalue weighted by atomic mass is 79.9. The van der Waals surface area contributed by atoms with Crippen molar-refractivity contribution < 1.29 is 4.74 Å². The zero-order valence-electron chi connectivity index (χ0n) is 10.3. The number of anilines is 2. The highest BCUT2D eigenvalue weighted by molar-refractivity contribution is 9.10. The van der Waals surface area contributed by atoms with Gasteiger partial charge in [-0.2, -0.15) is 0 Å². The van der Waals surface area contributed by atoms with Crippen molar-refractivity contribution in [3.8, 4) is 0 Å². The monoisotopic (exact) mass is 302 g/mol. The molecule has 0 spiro atoms. The highest BCUT2D eigenvalue weighted by Gasteiger charge is 2.05. The third-order valence-electron chi connectivity index (χ3n) is 2.34.